The Hall–Kier alpha value is -1.94. The lowest BCUT2D eigenvalue weighted by molar-refractivity contribution is -0.161. The van der Waals surface area contributed by atoms with Gasteiger partial charge in [-0.15, -0.1) is 0 Å². The first kappa shape index (κ1) is 90.1. The van der Waals surface area contributed by atoms with E-state index in [-0.39, 0.29) is 25.7 Å². The van der Waals surface area contributed by atoms with Crippen molar-refractivity contribution in [1.29, 1.82) is 0 Å². The van der Waals surface area contributed by atoms with Gasteiger partial charge in [-0.1, -0.05) is 318 Å². The lowest BCUT2D eigenvalue weighted by Gasteiger charge is -2.21. The van der Waals surface area contributed by atoms with Crippen molar-refractivity contribution >= 4 is 39.5 Å². The fraction of sp³-hybridized carbons (Fsp3) is 0.945. The molecule has 0 heterocycles. The molecular weight excluding hydrogens is 1210 g/mol. The predicted octanol–water partition coefficient (Wildman–Crippen LogP) is 21.0. The van der Waals surface area contributed by atoms with Crippen LogP contribution >= 0.6 is 15.6 Å². The minimum atomic E-state index is -4.96. The van der Waals surface area contributed by atoms with E-state index >= 15 is 0 Å². The second-order valence-corrected chi connectivity index (χ2v) is 30.7. The molecule has 92 heavy (non-hydrogen) atoms. The molecule has 17 nitrogen and oxygen atoms in total. The van der Waals surface area contributed by atoms with Gasteiger partial charge in [-0.05, 0) is 43.4 Å². The Morgan fingerprint density at radius 3 is 0.739 bits per heavy atom. The highest BCUT2D eigenvalue weighted by atomic mass is 31.2. The molecule has 0 fully saturated rings. The second kappa shape index (κ2) is 63.8. The summed E-state index contributed by atoms with van der Waals surface area (Å²) in [6.07, 6.45) is 48.5. The van der Waals surface area contributed by atoms with Gasteiger partial charge in [0.2, 0.25) is 0 Å². The average Bonchev–Trinajstić information content (AvgIpc) is 2.18. The molecule has 0 spiro atoms. The van der Waals surface area contributed by atoms with Gasteiger partial charge in [0.15, 0.2) is 12.2 Å². The molecule has 0 aromatic rings. The van der Waals surface area contributed by atoms with Crippen LogP contribution < -0.4 is 0 Å². The van der Waals surface area contributed by atoms with E-state index < -0.39 is 97.5 Å². The van der Waals surface area contributed by atoms with Crippen LogP contribution in [0.1, 0.15) is 370 Å². The Balaban J connectivity index is 5.25. The number of esters is 4. The zero-order chi connectivity index (χ0) is 68.0. The monoisotopic (exact) mass is 1350 g/mol. The maximum Gasteiger partial charge on any atom is 0.472 e. The lowest BCUT2D eigenvalue weighted by atomic mass is 10.0. The molecule has 0 saturated carbocycles. The number of unbranched alkanes of at least 4 members (excludes halogenated alkanes) is 39. The van der Waals surface area contributed by atoms with E-state index in [1.165, 1.54) is 173 Å². The maximum atomic E-state index is 13.1. The van der Waals surface area contributed by atoms with Crippen LogP contribution in [0.15, 0.2) is 0 Å². The number of aliphatic hydroxyl groups is 1. The molecule has 19 heteroatoms. The standard InChI is InChI=1S/C73H142O17P2/c1-8-9-10-11-12-13-14-21-27-34-42-49-56-72(77)90-69(61-84-71(76)55-48-41-36-29-32-39-46-53-66(6)7)63-88-92(81,82)86-59-67(74)58-85-91(79,80)87-62-68(60-83-70(75)54-47-40-33-26-23-18-20-25-31-38-45-52-65(4)5)89-73(78)57-50-43-35-28-22-17-15-16-19-24-30-37-44-51-64(2)3/h64-69,74H,8-63H2,1-7H3,(H,79,80)(H,81,82)/t67-,68-,69-/m1/s1. The van der Waals surface area contributed by atoms with Crippen molar-refractivity contribution in [2.75, 3.05) is 39.6 Å². The third-order valence-electron chi connectivity index (χ3n) is 16.9. The minimum Gasteiger partial charge on any atom is -0.462 e. The van der Waals surface area contributed by atoms with Crippen LogP contribution in [-0.4, -0.2) is 96.7 Å². The number of aliphatic hydroxyl groups excluding tert-OH is 1. The molecule has 5 atom stereocenters. The number of hydrogen-bond acceptors (Lipinski definition) is 15. The van der Waals surface area contributed by atoms with E-state index in [0.29, 0.717) is 31.6 Å². The first-order valence-corrected chi connectivity index (χ1v) is 40.8. The van der Waals surface area contributed by atoms with Crippen molar-refractivity contribution in [1.82, 2.24) is 0 Å². The average molecular weight is 1350 g/mol. The van der Waals surface area contributed by atoms with Crippen LogP contribution in [0.25, 0.3) is 0 Å². The number of phosphoric acid groups is 2. The quantitative estimate of drug-likeness (QED) is 0.0222. The van der Waals surface area contributed by atoms with E-state index in [1.807, 2.05) is 0 Å². The van der Waals surface area contributed by atoms with Gasteiger partial charge in [-0.25, -0.2) is 9.13 Å². The summed E-state index contributed by atoms with van der Waals surface area (Å²) < 4.78 is 68.4. The van der Waals surface area contributed by atoms with E-state index in [0.717, 1.165) is 108 Å². The van der Waals surface area contributed by atoms with Crippen LogP contribution in [0.3, 0.4) is 0 Å². The maximum absolute atomic E-state index is 13.1. The normalized spacial score (nSPS) is 14.1. The molecule has 3 N–H and O–H groups in total. The fourth-order valence-corrected chi connectivity index (χ4v) is 12.7. The topological polar surface area (TPSA) is 237 Å². The van der Waals surface area contributed by atoms with Gasteiger partial charge in [-0.3, -0.25) is 37.3 Å². The molecule has 2 unspecified atom stereocenters. The number of carbonyl (C=O) groups is 4. The molecule has 0 radical (unpaired) electrons. The highest BCUT2D eigenvalue weighted by Crippen LogP contribution is 2.45. The van der Waals surface area contributed by atoms with Crippen LogP contribution in [0.2, 0.25) is 0 Å². The molecule has 0 rings (SSSR count). The van der Waals surface area contributed by atoms with Gasteiger partial charge >= 0.3 is 39.5 Å². The van der Waals surface area contributed by atoms with Crippen molar-refractivity contribution in [2.24, 2.45) is 17.8 Å². The molecule has 0 aliphatic heterocycles. The zero-order valence-corrected chi connectivity index (χ0v) is 61.8. The van der Waals surface area contributed by atoms with Crippen molar-refractivity contribution in [3.63, 3.8) is 0 Å². The molecule has 0 aromatic carbocycles. The summed E-state index contributed by atoms with van der Waals surface area (Å²) in [6.45, 7) is 11.8. The number of phosphoric ester groups is 2. The summed E-state index contributed by atoms with van der Waals surface area (Å²) >= 11 is 0. The molecule has 0 aliphatic carbocycles. The fourth-order valence-electron chi connectivity index (χ4n) is 11.1. The van der Waals surface area contributed by atoms with Crippen LogP contribution in [0.5, 0.6) is 0 Å². The molecule has 546 valence electrons. The van der Waals surface area contributed by atoms with Gasteiger partial charge < -0.3 is 33.8 Å². The summed E-state index contributed by atoms with van der Waals surface area (Å²) in [5.41, 5.74) is 0. The van der Waals surface area contributed by atoms with E-state index in [2.05, 4.69) is 48.5 Å². The summed E-state index contributed by atoms with van der Waals surface area (Å²) in [6, 6.07) is 0. The smallest absolute Gasteiger partial charge is 0.462 e. The van der Waals surface area contributed by atoms with Crippen LogP contribution in [-0.2, 0) is 65.4 Å². The second-order valence-electron chi connectivity index (χ2n) is 27.8. The Morgan fingerprint density at radius 2 is 0.500 bits per heavy atom. The Labute approximate surface area is 562 Å². The van der Waals surface area contributed by atoms with Crippen molar-refractivity contribution in [2.45, 2.75) is 388 Å². The largest absolute Gasteiger partial charge is 0.472 e. The van der Waals surface area contributed by atoms with Gasteiger partial charge in [0.05, 0.1) is 26.4 Å². The first-order valence-electron chi connectivity index (χ1n) is 37.8. The molecule has 0 aromatic heterocycles. The van der Waals surface area contributed by atoms with Gasteiger partial charge in [-0.2, -0.15) is 0 Å². The third kappa shape index (κ3) is 66.7. The van der Waals surface area contributed by atoms with E-state index in [1.54, 1.807) is 0 Å². The predicted molar refractivity (Wildman–Crippen MR) is 372 cm³/mol. The summed E-state index contributed by atoms with van der Waals surface area (Å²) in [5, 5.41) is 10.6. The number of rotatable bonds is 71. The molecule has 0 aliphatic rings. The highest BCUT2D eigenvalue weighted by molar-refractivity contribution is 7.47. The number of carbonyl (C=O) groups excluding carboxylic acids is 4. The lowest BCUT2D eigenvalue weighted by Crippen LogP contribution is -2.30. The SMILES string of the molecule is CCCCCCCCCCCCCCC(=O)O[C@H](COC(=O)CCCCCCCCCC(C)C)COP(=O)(O)OC[C@H](O)COP(=O)(O)OC[C@@H](COC(=O)CCCCCCCCCCCCCC(C)C)OC(=O)CCCCCCCCCCCCCCCC(C)C. The van der Waals surface area contributed by atoms with Crippen molar-refractivity contribution < 1.29 is 80.2 Å². The number of ether oxygens (including phenoxy) is 4. The van der Waals surface area contributed by atoms with Gasteiger partial charge in [0.1, 0.15) is 19.3 Å². The molecule has 0 saturated heterocycles. The van der Waals surface area contributed by atoms with Crippen LogP contribution in [0, 0.1) is 17.8 Å². The summed E-state index contributed by atoms with van der Waals surface area (Å²) in [7, 11) is -9.91. The zero-order valence-electron chi connectivity index (χ0n) is 60.0. The summed E-state index contributed by atoms with van der Waals surface area (Å²) in [5.74, 6) is 0.142. The van der Waals surface area contributed by atoms with Gasteiger partial charge in [0, 0.05) is 25.7 Å². The third-order valence-corrected chi connectivity index (χ3v) is 18.8. The van der Waals surface area contributed by atoms with Crippen molar-refractivity contribution in [3.05, 3.63) is 0 Å². The minimum absolute atomic E-state index is 0.106. The Morgan fingerprint density at radius 1 is 0.293 bits per heavy atom. The van der Waals surface area contributed by atoms with Crippen LogP contribution in [0.4, 0.5) is 0 Å². The van der Waals surface area contributed by atoms with E-state index in [4.69, 9.17) is 37.0 Å². The summed E-state index contributed by atoms with van der Waals surface area (Å²) in [4.78, 5) is 72.7. The molecular formula is C73H142O17P2. The van der Waals surface area contributed by atoms with E-state index in [9.17, 15) is 43.2 Å². The molecule has 0 amide bonds. The van der Waals surface area contributed by atoms with Crippen molar-refractivity contribution in [3.8, 4) is 0 Å². The Bertz CT molecular complexity index is 1800. The highest BCUT2D eigenvalue weighted by Gasteiger charge is 2.30. The first-order chi connectivity index (χ1) is 44.2. The van der Waals surface area contributed by atoms with Gasteiger partial charge in [0.25, 0.3) is 0 Å². The molecule has 0 bridgehead atoms. The Kier molecular flexibility index (Phi) is 62.4. The number of hydrogen-bond donors (Lipinski definition) is 3.